The number of anilines is 1. The van der Waals surface area contributed by atoms with Gasteiger partial charge in [0.15, 0.2) is 28.2 Å². The summed E-state index contributed by atoms with van der Waals surface area (Å²) >= 11 is 0. The molecule has 0 aliphatic rings. The van der Waals surface area contributed by atoms with Crippen molar-refractivity contribution < 1.29 is 55.5 Å². The van der Waals surface area contributed by atoms with Gasteiger partial charge < -0.3 is 0 Å². The molecule has 0 unspecified atom stereocenters. The molecule has 0 aliphatic heterocycles. The van der Waals surface area contributed by atoms with E-state index in [1.807, 2.05) is 22.9 Å². The summed E-state index contributed by atoms with van der Waals surface area (Å²) in [5.41, 5.74) is 0.416. The second-order valence-corrected chi connectivity index (χ2v) is 7.91. The van der Waals surface area contributed by atoms with Gasteiger partial charge in [-0.3, -0.25) is 19.4 Å². The van der Waals surface area contributed by atoms with Crippen LogP contribution in [0, 0.1) is 29.1 Å². The first-order chi connectivity index (χ1) is 15.7. The Morgan fingerprint density at radius 1 is 0.657 bits per heavy atom. The van der Waals surface area contributed by atoms with Crippen molar-refractivity contribution >= 4 is 15.7 Å². The number of nitrogens with one attached hydrogen (secondary N) is 1. The van der Waals surface area contributed by atoms with Gasteiger partial charge in [-0.2, -0.15) is 0 Å². The Kier molecular flexibility index (Phi) is 11.0. The summed E-state index contributed by atoms with van der Waals surface area (Å²) in [6, 6.07) is 16.2. The maximum Gasteiger partial charge on any atom is 0.268 e. The normalized spacial score (nSPS) is 10.2. The number of rotatable bonds is 4. The van der Waals surface area contributed by atoms with Crippen LogP contribution in [0.3, 0.4) is 0 Å². The van der Waals surface area contributed by atoms with E-state index in [4.69, 9.17) is 0 Å². The smallest absolute Gasteiger partial charge is 0.268 e. The molecule has 13 heteroatoms. The number of para-hydroxylation sites is 1. The molecule has 0 aliphatic carbocycles. The van der Waals surface area contributed by atoms with Crippen LogP contribution in [-0.4, -0.2) is 18.4 Å². The standard InChI is InChI=1S/C17H9F5N2O2S.C5H5N.FH.Pd/c18-12-13(19)15(21)17(16(22)14(12)20)27(25,26)24-11-7-2-1-5-9(11)10-6-3-4-8-23-10;1-2-4-6-5-3-1;;/h1-8,24H;1-5H;1H;. The predicted octanol–water partition coefficient (Wildman–Crippen LogP) is 5.48. The molecule has 0 amide bonds. The second-order valence-electron chi connectivity index (χ2n) is 6.29. The summed E-state index contributed by atoms with van der Waals surface area (Å²) in [6.45, 7) is 0. The van der Waals surface area contributed by atoms with Crippen molar-refractivity contribution in [1.82, 2.24) is 9.97 Å². The summed E-state index contributed by atoms with van der Waals surface area (Å²) in [6.07, 6.45) is 4.94. The van der Waals surface area contributed by atoms with Crippen molar-refractivity contribution in [2.24, 2.45) is 0 Å². The Morgan fingerprint density at radius 3 is 1.66 bits per heavy atom. The number of aromatic nitrogens is 2. The van der Waals surface area contributed by atoms with E-state index < -0.39 is 44.0 Å². The SMILES string of the molecule is F.O=S(=O)(Nc1ccccc1-c1ccccn1)c1c(F)c(F)c(F)c(F)c1F.[Pd].c1ccncc1. The van der Waals surface area contributed by atoms with Crippen LogP contribution < -0.4 is 4.72 Å². The molecule has 0 atom stereocenters. The maximum atomic E-state index is 13.9. The number of hydrogen-bond donors (Lipinski definition) is 1. The van der Waals surface area contributed by atoms with Crippen LogP contribution in [-0.2, 0) is 30.4 Å². The van der Waals surface area contributed by atoms with Crippen LogP contribution in [0.2, 0.25) is 0 Å². The van der Waals surface area contributed by atoms with E-state index in [0.717, 1.165) is 0 Å². The number of nitrogens with zero attached hydrogens (tertiary/aromatic N) is 2. The van der Waals surface area contributed by atoms with E-state index in [0.29, 0.717) is 5.69 Å². The molecular weight excluding hydrogens is 591 g/mol. The number of pyridine rings is 2. The molecule has 4 rings (SSSR count). The summed E-state index contributed by atoms with van der Waals surface area (Å²) in [5.74, 6) is -12.1. The van der Waals surface area contributed by atoms with Crippen molar-refractivity contribution in [2.45, 2.75) is 4.90 Å². The van der Waals surface area contributed by atoms with E-state index in [-0.39, 0.29) is 36.4 Å². The van der Waals surface area contributed by atoms with Crippen LogP contribution in [0.1, 0.15) is 0 Å². The first-order valence-corrected chi connectivity index (χ1v) is 10.6. The molecule has 2 aromatic carbocycles. The largest absolute Gasteiger partial charge is 0.279 e. The zero-order chi connectivity index (χ0) is 24.0. The average Bonchev–Trinajstić information content (AvgIpc) is 2.83. The zero-order valence-electron chi connectivity index (χ0n) is 17.2. The monoisotopic (exact) mass is 605 g/mol. The van der Waals surface area contributed by atoms with Crippen molar-refractivity contribution in [3.05, 3.63) is 108 Å². The minimum Gasteiger partial charge on any atom is -0.279 e. The van der Waals surface area contributed by atoms with Gasteiger partial charge in [-0.15, -0.1) is 0 Å². The van der Waals surface area contributed by atoms with Gasteiger partial charge in [-0.1, -0.05) is 30.3 Å². The third-order valence-electron chi connectivity index (χ3n) is 4.12. The van der Waals surface area contributed by atoms with Gasteiger partial charge in [-0.25, -0.2) is 30.4 Å². The van der Waals surface area contributed by atoms with Gasteiger partial charge in [0, 0.05) is 44.6 Å². The fourth-order valence-electron chi connectivity index (χ4n) is 2.65. The van der Waals surface area contributed by atoms with Gasteiger partial charge in [0.2, 0.25) is 5.82 Å². The molecule has 0 saturated heterocycles. The summed E-state index contributed by atoms with van der Waals surface area (Å²) in [7, 11) is -5.14. The quantitative estimate of drug-likeness (QED) is 0.145. The fourth-order valence-corrected chi connectivity index (χ4v) is 3.87. The Labute approximate surface area is 210 Å². The minimum atomic E-state index is -5.14. The molecule has 0 spiro atoms. The maximum absolute atomic E-state index is 13.9. The van der Waals surface area contributed by atoms with Gasteiger partial charge in [0.05, 0.1) is 11.4 Å². The van der Waals surface area contributed by atoms with Crippen LogP contribution in [0.15, 0.2) is 84.1 Å². The molecule has 4 aromatic rings. The molecule has 1 N–H and O–H groups in total. The average molecular weight is 606 g/mol. The van der Waals surface area contributed by atoms with Gasteiger partial charge >= 0.3 is 0 Å². The molecule has 0 fully saturated rings. The Hall–Kier alpha value is -3.27. The minimum absolute atomic E-state index is 0. The van der Waals surface area contributed by atoms with Crippen LogP contribution in [0.4, 0.5) is 32.3 Å². The number of halogens is 6. The molecule has 2 heterocycles. The van der Waals surface area contributed by atoms with Gasteiger partial charge in [0.1, 0.15) is 0 Å². The number of hydrogen-bond acceptors (Lipinski definition) is 4. The van der Waals surface area contributed by atoms with Crippen molar-refractivity contribution in [2.75, 3.05) is 4.72 Å². The Morgan fingerprint density at radius 2 is 1.17 bits per heavy atom. The van der Waals surface area contributed by atoms with E-state index in [1.165, 1.54) is 24.4 Å². The zero-order valence-corrected chi connectivity index (χ0v) is 19.6. The second kappa shape index (κ2) is 13.0. The third-order valence-corrected chi connectivity index (χ3v) is 5.50. The van der Waals surface area contributed by atoms with E-state index >= 15 is 0 Å². The molecule has 188 valence electrons. The summed E-state index contributed by atoms with van der Waals surface area (Å²) < 4.78 is 94.2. The third kappa shape index (κ3) is 6.88. The molecular formula is C22H15F6N3O2PdS. The molecule has 0 radical (unpaired) electrons. The first kappa shape index (κ1) is 29.8. The van der Waals surface area contributed by atoms with Crippen molar-refractivity contribution in [1.29, 1.82) is 0 Å². The van der Waals surface area contributed by atoms with Crippen LogP contribution >= 0.6 is 0 Å². The Bertz CT molecular complexity index is 1310. The molecule has 0 saturated carbocycles. The summed E-state index contributed by atoms with van der Waals surface area (Å²) in [4.78, 5) is 5.86. The first-order valence-electron chi connectivity index (χ1n) is 9.13. The van der Waals surface area contributed by atoms with Crippen LogP contribution in [0.5, 0.6) is 0 Å². The fraction of sp³-hybridized carbons (Fsp3) is 0. The summed E-state index contributed by atoms with van der Waals surface area (Å²) in [5, 5.41) is 0. The number of benzene rings is 2. The molecule has 35 heavy (non-hydrogen) atoms. The predicted molar refractivity (Wildman–Crippen MR) is 113 cm³/mol. The van der Waals surface area contributed by atoms with Crippen LogP contribution in [0.25, 0.3) is 11.3 Å². The van der Waals surface area contributed by atoms with Crippen molar-refractivity contribution in [3.8, 4) is 11.3 Å². The van der Waals surface area contributed by atoms with E-state index in [2.05, 4.69) is 9.97 Å². The van der Waals surface area contributed by atoms with Gasteiger partial charge in [0.25, 0.3) is 10.0 Å². The molecule has 5 nitrogen and oxygen atoms in total. The van der Waals surface area contributed by atoms with Crippen molar-refractivity contribution in [3.63, 3.8) is 0 Å². The number of sulfonamides is 1. The van der Waals surface area contributed by atoms with E-state index in [1.54, 1.807) is 36.7 Å². The van der Waals surface area contributed by atoms with E-state index in [9.17, 15) is 30.4 Å². The van der Waals surface area contributed by atoms with Gasteiger partial charge in [-0.05, 0) is 30.3 Å². The Balaban J connectivity index is 0.000000671. The molecule has 0 bridgehead atoms. The topological polar surface area (TPSA) is 72.0 Å². The molecule has 2 aromatic heterocycles.